The van der Waals surface area contributed by atoms with E-state index in [4.69, 9.17) is 15.1 Å². The van der Waals surface area contributed by atoms with Crippen LogP contribution in [0.5, 0.6) is 0 Å². The summed E-state index contributed by atoms with van der Waals surface area (Å²) in [7, 11) is 0. The number of aryl methyl sites for hydroxylation is 1. The summed E-state index contributed by atoms with van der Waals surface area (Å²) in [4.78, 5) is 33.5. The largest absolute Gasteiger partial charge is 0.316 e. The molecule has 10 heteroatoms. The zero-order valence-electron chi connectivity index (χ0n) is 16.3. The van der Waals surface area contributed by atoms with Gasteiger partial charge in [-0.25, -0.2) is 20.0 Å². The van der Waals surface area contributed by atoms with E-state index in [1.807, 2.05) is 13.0 Å². The molecular weight excluding hydrogens is 390 g/mol. The highest BCUT2D eigenvalue weighted by Gasteiger charge is 2.25. The van der Waals surface area contributed by atoms with Gasteiger partial charge in [-0.2, -0.15) is 5.26 Å². The van der Waals surface area contributed by atoms with E-state index in [0.717, 1.165) is 43.9 Å². The van der Waals surface area contributed by atoms with Crippen molar-refractivity contribution in [2.45, 2.75) is 32.1 Å². The zero-order chi connectivity index (χ0) is 20.2. The van der Waals surface area contributed by atoms with Crippen molar-refractivity contribution in [3.05, 3.63) is 28.7 Å². The van der Waals surface area contributed by atoms with Gasteiger partial charge in [0.1, 0.15) is 17.3 Å². The quantitative estimate of drug-likeness (QED) is 0.745. The lowest BCUT2D eigenvalue weighted by Gasteiger charge is -2.30. The average molecular weight is 414 g/mol. The maximum Gasteiger partial charge on any atom is 0.296 e. The highest BCUT2D eigenvalue weighted by Crippen LogP contribution is 2.27. The Labute approximate surface area is 173 Å². The summed E-state index contributed by atoms with van der Waals surface area (Å²) in [5.74, 6) is 1.44. The minimum absolute atomic E-state index is 0.207. The number of hydroxylamine groups is 2. The van der Waals surface area contributed by atoms with Gasteiger partial charge in [-0.3, -0.25) is 14.5 Å². The number of hydrogen-bond acceptors (Lipinski definition) is 9. The number of nitriles is 1. The van der Waals surface area contributed by atoms with E-state index in [-0.39, 0.29) is 11.8 Å². The van der Waals surface area contributed by atoms with Crippen LogP contribution in [0.25, 0.3) is 0 Å². The van der Waals surface area contributed by atoms with E-state index in [0.29, 0.717) is 36.3 Å². The molecule has 2 aromatic heterocycles. The van der Waals surface area contributed by atoms with E-state index in [9.17, 15) is 4.79 Å². The Kier molecular flexibility index (Phi) is 5.99. The molecule has 152 valence electrons. The van der Waals surface area contributed by atoms with Crippen LogP contribution in [0.15, 0.2) is 11.4 Å². The molecule has 0 saturated carbocycles. The number of aromatic nitrogens is 3. The van der Waals surface area contributed by atoms with E-state index in [1.165, 1.54) is 16.4 Å². The smallest absolute Gasteiger partial charge is 0.296 e. The summed E-state index contributed by atoms with van der Waals surface area (Å²) in [6.07, 6.45) is 2.89. The van der Waals surface area contributed by atoms with Crippen LogP contribution in [0.4, 0.5) is 10.9 Å². The van der Waals surface area contributed by atoms with Gasteiger partial charge in [-0.1, -0.05) is 0 Å². The fraction of sp³-hybridized carbons (Fsp3) is 0.526. The third-order valence-corrected chi connectivity index (χ3v) is 5.73. The molecule has 29 heavy (non-hydrogen) atoms. The van der Waals surface area contributed by atoms with Crippen molar-refractivity contribution in [2.24, 2.45) is 0 Å². The Bertz CT molecular complexity index is 920. The number of carbonyl (C=O) groups is 1. The summed E-state index contributed by atoms with van der Waals surface area (Å²) < 4.78 is 0. The number of piperidine rings is 1. The molecule has 0 bridgehead atoms. The van der Waals surface area contributed by atoms with Crippen molar-refractivity contribution in [3.63, 3.8) is 0 Å². The first-order chi connectivity index (χ1) is 14.1. The lowest BCUT2D eigenvalue weighted by atomic mass is 9.97. The molecule has 0 radical (unpaired) electrons. The van der Waals surface area contributed by atoms with Gasteiger partial charge < -0.3 is 5.32 Å². The molecule has 1 amide bonds. The molecule has 1 unspecified atom stereocenters. The highest BCUT2D eigenvalue weighted by atomic mass is 32.1. The number of likely N-dealkylation sites (tertiary alicyclic amines) is 1. The van der Waals surface area contributed by atoms with Gasteiger partial charge in [-0.15, -0.1) is 11.3 Å². The minimum Gasteiger partial charge on any atom is -0.316 e. The number of rotatable bonds is 5. The van der Waals surface area contributed by atoms with E-state index in [2.05, 4.69) is 26.3 Å². The number of amides is 1. The van der Waals surface area contributed by atoms with Gasteiger partial charge in [0.2, 0.25) is 0 Å². The van der Waals surface area contributed by atoms with Crippen LogP contribution in [0.3, 0.4) is 0 Å². The van der Waals surface area contributed by atoms with Crippen molar-refractivity contribution in [1.29, 1.82) is 5.26 Å². The van der Waals surface area contributed by atoms with E-state index < -0.39 is 0 Å². The van der Waals surface area contributed by atoms with Gasteiger partial charge in [0.05, 0.1) is 25.8 Å². The van der Waals surface area contributed by atoms with Gasteiger partial charge in [-0.05, 0) is 32.7 Å². The number of anilines is 2. The van der Waals surface area contributed by atoms with Crippen LogP contribution < -0.4 is 5.32 Å². The van der Waals surface area contributed by atoms with E-state index >= 15 is 0 Å². The van der Waals surface area contributed by atoms with Crippen LogP contribution >= 0.6 is 11.3 Å². The molecule has 2 aromatic rings. The Morgan fingerprint density at radius 1 is 1.38 bits per heavy atom. The van der Waals surface area contributed by atoms with Crippen molar-refractivity contribution in [2.75, 3.05) is 38.1 Å². The normalized spacial score (nSPS) is 19.9. The molecule has 0 aromatic carbocycles. The van der Waals surface area contributed by atoms with Gasteiger partial charge in [0.25, 0.3) is 5.91 Å². The lowest BCUT2D eigenvalue weighted by Crippen LogP contribution is -2.35. The van der Waals surface area contributed by atoms with Crippen molar-refractivity contribution in [3.8, 4) is 6.07 Å². The van der Waals surface area contributed by atoms with Crippen LogP contribution in [0.1, 0.15) is 47.2 Å². The van der Waals surface area contributed by atoms with Gasteiger partial charge in [0.15, 0.2) is 5.13 Å². The van der Waals surface area contributed by atoms with Crippen LogP contribution in [0.2, 0.25) is 0 Å². The fourth-order valence-corrected chi connectivity index (χ4v) is 4.31. The molecular formula is C19H23N7O2S. The molecule has 9 nitrogen and oxygen atoms in total. The number of hydrogen-bond donors (Lipinski definition) is 1. The van der Waals surface area contributed by atoms with Crippen molar-refractivity contribution < 1.29 is 9.63 Å². The predicted molar refractivity (Wildman–Crippen MR) is 108 cm³/mol. The topological polar surface area (TPSA) is 107 Å². The molecule has 4 rings (SSSR count). The fourth-order valence-electron chi connectivity index (χ4n) is 3.62. The number of nitrogens with one attached hydrogen (secondary N) is 1. The third-order valence-electron chi connectivity index (χ3n) is 4.97. The first-order valence-corrected chi connectivity index (χ1v) is 10.6. The molecule has 0 spiro atoms. The van der Waals surface area contributed by atoms with Crippen molar-refractivity contribution >= 4 is 28.2 Å². The summed E-state index contributed by atoms with van der Waals surface area (Å²) in [6.45, 7) is 5.27. The number of nitrogens with zero attached hydrogens (tertiary/aromatic N) is 6. The molecule has 4 heterocycles. The third kappa shape index (κ3) is 4.70. The highest BCUT2D eigenvalue weighted by molar-refractivity contribution is 7.14. The maximum absolute atomic E-state index is 12.4. The Morgan fingerprint density at radius 3 is 3.07 bits per heavy atom. The summed E-state index contributed by atoms with van der Waals surface area (Å²) in [5.41, 5.74) is 1.23. The molecule has 0 aliphatic carbocycles. The first-order valence-electron chi connectivity index (χ1n) is 9.74. The second-order valence-corrected chi connectivity index (χ2v) is 8.10. The lowest BCUT2D eigenvalue weighted by molar-refractivity contribution is -0.0771. The van der Waals surface area contributed by atoms with Crippen LogP contribution in [-0.4, -0.2) is 63.6 Å². The molecule has 1 N–H and O–H groups in total. The van der Waals surface area contributed by atoms with Gasteiger partial charge in [0, 0.05) is 29.6 Å². The van der Waals surface area contributed by atoms with Crippen molar-refractivity contribution in [1.82, 2.24) is 24.9 Å². The molecule has 2 fully saturated rings. The SMILES string of the molecule is Cc1cc(Nc2nc(C(=O)N3CCCO3)cs2)nc(C2CCCN(CC#N)C2)n1. The predicted octanol–water partition coefficient (Wildman–Crippen LogP) is 2.47. The first kappa shape index (κ1) is 19.7. The Balaban J connectivity index is 1.47. The summed E-state index contributed by atoms with van der Waals surface area (Å²) >= 11 is 1.36. The average Bonchev–Trinajstić information content (AvgIpc) is 3.40. The van der Waals surface area contributed by atoms with Crippen LogP contribution in [-0.2, 0) is 4.84 Å². The summed E-state index contributed by atoms with van der Waals surface area (Å²) in [5, 5.41) is 15.9. The summed E-state index contributed by atoms with van der Waals surface area (Å²) in [6, 6.07) is 4.09. The zero-order valence-corrected chi connectivity index (χ0v) is 17.1. The molecule has 2 aliphatic heterocycles. The number of carbonyl (C=O) groups excluding carboxylic acids is 1. The second kappa shape index (κ2) is 8.82. The maximum atomic E-state index is 12.4. The Hall–Kier alpha value is -2.61. The van der Waals surface area contributed by atoms with E-state index in [1.54, 1.807) is 5.38 Å². The molecule has 1 atom stereocenters. The Morgan fingerprint density at radius 2 is 2.28 bits per heavy atom. The second-order valence-electron chi connectivity index (χ2n) is 7.24. The molecule has 2 aliphatic rings. The van der Waals surface area contributed by atoms with Crippen LogP contribution in [0, 0.1) is 18.3 Å². The minimum atomic E-state index is -0.217. The standard InChI is InChI=1S/C19H23N7O2S/c1-13-10-16(23-17(21-13)14-4-2-6-25(11-14)8-5-20)24-19-22-15(12-29-19)18(27)26-7-3-9-28-26/h10,12,14H,2-4,6-9,11H2,1H3,(H,21,22,23,24). The monoisotopic (exact) mass is 413 g/mol. The number of thiazole rings is 1. The van der Waals surface area contributed by atoms with Gasteiger partial charge >= 0.3 is 0 Å². The molecule has 2 saturated heterocycles.